The monoisotopic (exact) mass is 260 g/mol. The fourth-order valence-corrected chi connectivity index (χ4v) is 3.73. The molecule has 0 bridgehead atoms. The predicted octanol–water partition coefficient (Wildman–Crippen LogP) is 3.07. The summed E-state index contributed by atoms with van der Waals surface area (Å²) < 4.78 is 1.41. The van der Waals surface area contributed by atoms with Crippen molar-refractivity contribution in [3.63, 3.8) is 0 Å². The van der Waals surface area contributed by atoms with Crippen molar-refractivity contribution in [1.82, 2.24) is 4.90 Å². The van der Waals surface area contributed by atoms with E-state index in [0.29, 0.717) is 0 Å². The van der Waals surface area contributed by atoms with Crippen LogP contribution < -0.4 is 5.73 Å². The Hall–Kier alpha value is -0.900. The molecule has 0 unspecified atom stereocenters. The van der Waals surface area contributed by atoms with Crippen LogP contribution in [0.3, 0.4) is 0 Å². The Balaban J connectivity index is 1.70. The first-order valence-corrected chi connectivity index (χ1v) is 7.62. The SMILES string of the molecule is NCC1CCN(Cc2csc3ccccc23)CC1. The third kappa shape index (κ3) is 2.44. The number of rotatable bonds is 3. The summed E-state index contributed by atoms with van der Waals surface area (Å²) in [4.78, 5) is 2.57. The van der Waals surface area contributed by atoms with Crippen molar-refractivity contribution in [3.05, 3.63) is 35.2 Å². The molecule has 2 aromatic rings. The quantitative estimate of drug-likeness (QED) is 0.919. The Morgan fingerprint density at radius 1 is 1.22 bits per heavy atom. The molecule has 1 aromatic heterocycles. The van der Waals surface area contributed by atoms with E-state index in [1.807, 2.05) is 11.3 Å². The lowest BCUT2D eigenvalue weighted by molar-refractivity contribution is 0.181. The molecule has 0 aliphatic carbocycles. The number of likely N-dealkylation sites (tertiary alicyclic amines) is 1. The standard InChI is InChI=1S/C15H20N2S/c16-9-12-5-7-17(8-6-12)10-13-11-18-15-4-2-1-3-14(13)15/h1-4,11-12H,5-10,16H2. The van der Waals surface area contributed by atoms with Gasteiger partial charge in [0, 0.05) is 11.2 Å². The van der Waals surface area contributed by atoms with Gasteiger partial charge in [0.2, 0.25) is 0 Å². The van der Waals surface area contributed by atoms with E-state index in [1.165, 1.54) is 41.6 Å². The third-order valence-corrected chi connectivity index (χ3v) is 5.01. The van der Waals surface area contributed by atoms with Gasteiger partial charge in [0.05, 0.1) is 0 Å². The molecule has 2 heterocycles. The number of hydrogen-bond acceptors (Lipinski definition) is 3. The van der Waals surface area contributed by atoms with Gasteiger partial charge in [-0.15, -0.1) is 11.3 Å². The maximum atomic E-state index is 5.74. The summed E-state index contributed by atoms with van der Waals surface area (Å²) in [6, 6.07) is 8.71. The second kappa shape index (κ2) is 5.39. The van der Waals surface area contributed by atoms with Crippen LogP contribution >= 0.6 is 11.3 Å². The minimum atomic E-state index is 0.750. The highest BCUT2D eigenvalue weighted by Crippen LogP contribution is 2.27. The number of fused-ring (bicyclic) bond motifs is 1. The van der Waals surface area contributed by atoms with Crippen LogP contribution in [0.15, 0.2) is 29.6 Å². The Kier molecular flexibility index (Phi) is 3.64. The second-order valence-corrected chi connectivity index (χ2v) is 6.12. The van der Waals surface area contributed by atoms with Gasteiger partial charge in [-0.2, -0.15) is 0 Å². The Morgan fingerprint density at radius 3 is 2.78 bits per heavy atom. The van der Waals surface area contributed by atoms with Gasteiger partial charge in [-0.3, -0.25) is 4.90 Å². The summed E-state index contributed by atoms with van der Waals surface area (Å²) in [5.74, 6) is 0.750. The highest BCUT2D eigenvalue weighted by molar-refractivity contribution is 7.17. The molecule has 1 fully saturated rings. The van der Waals surface area contributed by atoms with Gasteiger partial charge in [0.25, 0.3) is 0 Å². The van der Waals surface area contributed by atoms with Gasteiger partial charge in [0.1, 0.15) is 0 Å². The normalized spacial score (nSPS) is 18.5. The van der Waals surface area contributed by atoms with Crippen molar-refractivity contribution in [2.75, 3.05) is 19.6 Å². The zero-order chi connectivity index (χ0) is 12.4. The van der Waals surface area contributed by atoms with Crippen LogP contribution in [0.1, 0.15) is 18.4 Å². The van der Waals surface area contributed by atoms with Gasteiger partial charge in [-0.05, 0) is 60.8 Å². The summed E-state index contributed by atoms with van der Waals surface area (Å²) >= 11 is 1.86. The summed E-state index contributed by atoms with van der Waals surface area (Å²) in [5.41, 5.74) is 7.23. The van der Waals surface area contributed by atoms with Crippen molar-refractivity contribution >= 4 is 21.4 Å². The fraction of sp³-hybridized carbons (Fsp3) is 0.467. The molecule has 1 aliphatic heterocycles. The minimum Gasteiger partial charge on any atom is -0.330 e. The highest BCUT2D eigenvalue weighted by Gasteiger charge is 2.18. The van der Waals surface area contributed by atoms with Gasteiger partial charge < -0.3 is 5.73 Å². The zero-order valence-corrected chi connectivity index (χ0v) is 11.5. The average molecular weight is 260 g/mol. The Bertz CT molecular complexity index is 512. The lowest BCUT2D eigenvalue weighted by atomic mass is 9.97. The molecule has 0 radical (unpaired) electrons. The molecule has 0 saturated carbocycles. The van der Waals surface area contributed by atoms with Crippen LogP contribution in [0.4, 0.5) is 0 Å². The first-order chi connectivity index (χ1) is 8.86. The largest absolute Gasteiger partial charge is 0.330 e. The van der Waals surface area contributed by atoms with Gasteiger partial charge in [-0.25, -0.2) is 0 Å². The molecule has 0 spiro atoms. The molecule has 3 rings (SSSR count). The van der Waals surface area contributed by atoms with Crippen molar-refractivity contribution in [3.8, 4) is 0 Å². The van der Waals surface area contributed by atoms with Gasteiger partial charge in [0.15, 0.2) is 0 Å². The fourth-order valence-electron chi connectivity index (χ4n) is 2.78. The van der Waals surface area contributed by atoms with Gasteiger partial charge in [-0.1, -0.05) is 18.2 Å². The second-order valence-electron chi connectivity index (χ2n) is 5.21. The summed E-state index contributed by atoms with van der Waals surface area (Å²) in [6.45, 7) is 4.36. The van der Waals surface area contributed by atoms with E-state index < -0.39 is 0 Å². The number of nitrogens with two attached hydrogens (primary N) is 1. The number of piperidine rings is 1. The van der Waals surface area contributed by atoms with Crippen molar-refractivity contribution in [2.24, 2.45) is 11.7 Å². The predicted molar refractivity (Wildman–Crippen MR) is 78.9 cm³/mol. The van der Waals surface area contributed by atoms with E-state index in [2.05, 4.69) is 34.5 Å². The van der Waals surface area contributed by atoms with E-state index in [4.69, 9.17) is 5.73 Å². The van der Waals surface area contributed by atoms with E-state index in [9.17, 15) is 0 Å². The van der Waals surface area contributed by atoms with E-state index in [0.717, 1.165) is 19.0 Å². The molecule has 96 valence electrons. The highest BCUT2D eigenvalue weighted by atomic mass is 32.1. The Morgan fingerprint density at radius 2 is 2.00 bits per heavy atom. The summed E-state index contributed by atoms with van der Waals surface area (Å²) in [6.07, 6.45) is 2.52. The van der Waals surface area contributed by atoms with E-state index >= 15 is 0 Å². The first-order valence-electron chi connectivity index (χ1n) is 6.74. The molecule has 0 atom stereocenters. The molecule has 1 saturated heterocycles. The molecule has 1 aromatic carbocycles. The topological polar surface area (TPSA) is 29.3 Å². The average Bonchev–Trinajstić information content (AvgIpc) is 2.83. The molecule has 18 heavy (non-hydrogen) atoms. The van der Waals surface area contributed by atoms with Crippen LogP contribution in [0, 0.1) is 5.92 Å². The van der Waals surface area contributed by atoms with E-state index in [1.54, 1.807) is 0 Å². The molecular weight excluding hydrogens is 240 g/mol. The van der Waals surface area contributed by atoms with Crippen LogP contribution in [-0.4, -0.2) is 24.5 Å². The van der Waals surface area contributed by atoms with Crippen LogP contribution in [-0.2, 0) is 6.54 Å². The van der Waals surface area contributed by atoms with Gasteiger partial charge >= 0.3 is 0 Å². The zero-order valence-electron chi connectivity index (χ0n) is 10.6. The maximum absolute atomic E-state index is 5.74. The van der Waals surface area contributed by atoms with Crippen molar-refractivity contribution in [1.29, 1.82) is 0 Å². The summed E-state index contributed by atoms with van der Waals surface area (Å²) in [5, 5.41) is 3.75. The minimum absolute atomic E-state index is 0.750. The number of thiophene rings is 1. The van der Waals surface area contributed by atoms with Crippen LogP contribution in [0.25, 0.3) is 10.1 Å². The molecule has 2 nitrogen and oxygen atoms in total. The van der Waals surface area contributed by atoms with Crippen molar-refractivity contribution < 1.29 is 0 Å². The number of nitrogens with zero attached hydrogens (tertiary/aromatic N) is 1. The van der Waals surface area contributed by atoms with Crippen LogP contribution in [0.2, 0.25) is 0 Å². The third-order valence-electron chi connectivity index (χ3n) is 4.00. The molecule has 2 N–H and O–H groups in total. The molecule has 3 heteroatoms. The van der Waals surface area contributed by atoms with Crippen molar-refractivity contribution in [2.45, 2.75) is 19.4 Å². The molecular formula is C15H20N2S. The lowest BCUT2D eigenvalue weighted by Gasteiger charge is -2.31. The number of hydrogen-bond donors (Lipinski definition) is 1. The lowest BCUT2D eigenvalue weighted by Crippen LogP contribution is -2.35. The molecule has 0 amide bonds. The first kappa shape index (κ1) is 12.2. The van der Waals surface area contributed by atoms with E-state index in [-0.39, 0.29) is 0 Å². The van der Waals surface area contributed by atoms with Crippen LogP contribution in [0.5, 0.6) is 0 Å². The smallest absolute Gasteiger partial charge is 0.0346 e. The number of benzene rings is 1. The molecule has 1 aliphatic rings. The summed E-state index contributed by atoms with van der Waals surface area (Å²) in [7, 11) is 0. The Labute approximate surface area is 112 Å². The maximum Gasteiger partial charge on any atom is 0.0346 e.